The molecule has 2 aromatic rings. The van der Waals surface area contributed by atoms with E-state index in [1.54, 1.807) is 18.2 Å². The molecule has 1 aliphatic rings. The molecular formula is C16H13ClFN2O+. The van der Waals surface area contributed by atoms with Crippen molar-refractivity contribution in [3.05, 3.63) is 59.5 Å². The van der Waals surface area contributed by atoms with Gasteiger partial charge in [0.1, 0.15) is 11.6 Å². The summed E-state index contributed by atoms with van der Waals surface area (Å²) in [5, 5.41) is 0.280. The number of anilines is 1. The van der Waals surface area contributed by atoms with Crippen molar-refractivity contribution in [2.75, 3.05) is 5.73 Å². The first-order valence-electron chi connectivity index (χ1n) is 6.37. The highest BCUT2D eigenvalue weighted by Crippen LogP contribution is 2.36. The van der Waals surface area contributed by atoms with Crippen LogP contribution >= 0.6 is 11.6 Å². The van der Waals surface area contributed by atoms with Crippen molar-refractivity contribution in [3.8, 4) is 11.5 Å². The summed E-state index contributed by atoms with van der Waals surface area (Å²) in [5.41, 5.74) is 8.30. The van der Waals surface area contributed by atoms with Gasteiger partial charge in [0, 0.05) is 35.8 Å². The van der Waals surface area contributed by atoms with E-state index in [0.717, 1.165) is 11.4 Å². The number of nitrogen functional groups attached to an aromatic ring is 1. The highest BCUT2D eigenvalue weighted by Gasteiger charge is 2.23. The number of nitrogens with two attached hydrogens (primary N) is 1. The van der Waals surface area contributed by atoms with Gasteiger partial charge in [0.2, 0.25) is 5.75 Å². The number of hydrogen-bond donors (Lipinski definition) is 1. The predicted octanol–water partition coefficient (Wildman–Crippen LogP) is 4.49. The van der Waals surface area contributed by atoms with E-state index >= 15 is 0 Å². The Labute approximate surface area is 126 Å². The van der Waals surface area contributed by atoms with E-state index in [-0.39, 0.29) is 5.02 Å². The fourth-order valence-electron chi connectivity index (χ4n) is 2.09. The summed E-state index contributed by atoms with van der Waals surface area (Å²) in [6.45, 7) is 1.99. The smallest absolute Gasteiger partial charge is 0.253 e. The van der Waals surface area contributed by atoms with Gasteiger partial charge < -0.3 is 10.5 Å². The Bertz CT molecular complexity index is 764. The number of nitrogens with zero attached hydrogens (tertiary/aromatic N) is 1. The molecule has 0 fully saturated rings. The zero-order valence-electron chi connectivity index (χ0n) is 11.3. The van der Waals surface area contributed by atoms with Crippen LogP contribution in [0.3, 0.4) is 0 Å². The van der Waals surface area contributed by atoms with E-state index in [9.17, 15) is 4.39 Å². The second-order valence-corrected chi connectivity index (χ2v) is 5.20. The first kappa shape index (κ1) is 13.6. The number of allylic oxidation sites excluding steroid dienone is 1. The van der Waals surface area contributed by atoms with Crippen LogP contribution in [0.2, 0.25) is 5.02 Å². The molecule has 0 aromatic heterocycles. The fourth-order valence-corrected chi connectivity index (χ4v) is 2.31. The molecular weight excluding hydrogens is 291 g/mol. The third-order valence-electron chi connectivity index (χ3n) is 3.15. The van der Waals surface area contributed by atoms with Crippen LogP contribution in [0, 0.1) is 5.82 Å². The Morgan fingerprint density at radius 3 is 2.62 bits per heavy atom. The molecule has 0 amide bonds. The largest absolute Gasteiger partial charge is 0.450 e. The molecule has 0 saturated carbocycles. The van der Waals surface area contributed by atoms with Crippen molar-refractivity contribution >= 4 is 28.7 Å². The average Bonchev–Trinajstić information content (AvgIpc) is 2.39. The van der Waals surface area contributed by atoms with Gasteiger partial charge >= 0.3 is 0 Å². The van der Waals surface area contributed by atoms with Gasteiger partial charge in [0.05, 0.1) is 6.08 Å². The molecule has 0 spiro atoms. The van der Waals surface area contributed by atoms with Crippen molar-refractivity contribution in [1.82, 2.24) is 0 Å². The summed E-state index contributed by atoms with van der Waals surface area (Å²) in [6, 6.07) is 9.42. The zero-order valence-corrected chi connectivity index (χ0v) is 12.1. The molecule has 0 unspecified atom stereocenters. The standard InChI is InChI=1S/C16H13ClFN2O/c1-10-4-5-20(10)15-3-2-13(19)9-16(15)21-14-7-11(17)6-12(18)8-14/h2-9H,19H2,1H3/q+1. The lowest BCUT2D eigenvalue weighted by Gasteiger charge is -2.12. The monoisotopic (exact) mass is 303 g/mol. The molecule has 21 heavy (non-hydrogen) atoms. The van der Waals surface area contributed by atoms with E-state index in [4.69, 9.17) is 22.1 Å². The molecule has 1 heterocycles. The Morgan fingerprint density at radius 2 is 2.00 bits per heavy atom. The molecule has 3 nitrogen and oxygen atoms in total. The summed E-state index contributed by atoms with van der Waals surface area (Å²) in [7, 11) is 0. The SMILES string of the molecule is CC1=[N+](c2ccc(N)cc2Oc2cc(F)cc(Cl)c2)C=C1. The van der Waals surface area contributed by atoms with E-state index < -0.39 is 5.82 Å². The average molecular weight is 304 g/mol. The number of rotatable bonds is 3. The van der Waals surface area contributed by atoms with Crippen LogP contribution in [0.25, 0.3) is 0 Å². The molecule has 1 aliphatic heterocycles. The van der Waals surface area contributed by atoms with Crippen LogP contribution in [0.15, 0.2) is 48.7 Å². The molecule has 0 saturated heterocycles. The van der Waals surface area contributed by atoms with Gasteiger partial charge in [-0.3, -0.25) is 0 Å². The minimum atomic E-state index is -0.449. The Hall–Kier alpha value is -2.33. The molecule has 3 rings (SSSR count). The molecule has 0 atom stereocenters. The van der Waals surface area contributed by atoms with Gasteiger partial charge in [0.25, 0.3) is 5.69 Å². The highest BCUT2D eigenvalue weighted by molar-refractivity contribution is 6.30. The maximum atomic E-state index is 13.4. The second-order valence-electron chi connectivity index (χ2n) is 4.76. The maximum Gasteiger partial charge on any atom is 0.253 e. The Kier molecular flexibility index (Phi) is 3.39. The van der Waals surface area contributed by atoms with Crippen LogP contribution in [0.1, 0.15) is 6.92 Å². The topological polar surface area (TPSA) is 38.3 Å². The van der Waals surface area contributed by atoms with Crippen molar-refractivity contribution < 1.29 is 13.7 Å². The zero-order chi connectivity index (χ0) is 15.0. The summed E-state index contributed by atoms with van der Waals surface area (Å²) in [6.07, 6.45) is 3.91. The van der Waals surface area contributed by atoms with Crippen molar-refractivity contribution in [3.63, 3.8) is 0 Å². The third-order valence-corrected chi connectivity index (χ3v) is 3.37. The lowest BCUT2D eigenvalue weighted by molar-refractivity contribution is -0.372. The summed E-state index contributed by atoms with van der Waals surface area (Å²) >= 11 is 5.84. The third kappa shape index (κ3) is 2.76. The van der Waals surface area contributed by atoms with E-state index in [1.165, 1.54) is 12.1 Å². The molecule has 0 radical (unpaired) electrons. The summed E-state index contributed by atoms with van der Waals surface area (Å²) in [5.74, 6) is 0.420. The first-order valence-corrected chi connectivity index (χ1v) is 6.75. The Balaban J connectivity index is 2.01. The van der Waals surface area contributed by atoms with E-state index in [1.807, 2.05) is 29.8 Å². The van der Waals surface area contributed by atoms with E-state index in [2.05, 4.69) is 0 Å². The van der Waals surface area contributed by atoms with Crippen molar-refractivity contribution in [1.29, 1.82) is 0 Å². The van der Waals surface area contributed by atoms with Crippen LogP contribution in [-0.4, -0.2) is 10.3 Å². The predicted molar refractivity (Wildman–Crippen MR) is 82.1 cm³/mol. The number of benzene rings is 2. The molecule has 0 aliphatic carbocycles. The van der Waals surface area contributed by atoms with Gasteiger partial charge in [-0.15, -0.1) is 0 Å². The quantitative estimate of drug-likeness (QED) is 0.670. The van der Waals surface area contributed by atoms with Crippen LogP contribution < -0.4 is 10.5 Å². The van der Waals surface area contributed by atoms with Gasteiger partial charge in [-0.25, -0.2) is 4.39 Å². The van der Waals surface area contributed by atoms with Crippen molar-refractivity contribution in [2.24, 2.45) is 0 Å². The van der Waals surface area contributed by atoms with E-state index in [0.29, 0.717) is 17.2 Å². The summed E-state index contributed by atoms with van der Waals surface area (Å²) in [4.78, 5) is 0. The lowest BCUT2D eigenvalue weighted by Crippen LogP contribution is -2.15. The van der Waals surface area contributed by atoms with Gasteiger partial charge in [-0.05, 0) is 18.2 Å². The number of hydrogen-bond acceptors (Lipinski definition) is 2. The first-order chi connectivity index (χ1) is 10.0. The molecule has 2 aromatic carbocycles. The van der Waals surface area contributed by atoms with Gasteiger partial charge in [-0.2, -0.15) is 4.58 Å². The normalized spacial score (nSPS) is 13.3. The maximum absolute atomic E-state index is 13.4. The highest BCUT2D eigenvalue weighted by atomic mass is 35.5. The molecule has 0 bridgehead atoms. The van der Waals surface area contributed by atoms with Gasteiger partial charge in [0.15, 0.2) is 11.9 Å². The van der Waals surface area contributed by atoms with Crippen LogP contribution in [0.4, 0.5) is 15.8 Å². The second kappa shape index (κ2) is 5.22. The number of ether oxygens (including phenoxy) is 1. The lowest BCUT2D eigenvalue weighted by atomic mass is 10.2. The minimum absolute atomic E-state index is 0.280. The summed E-state index contributed by atoms with van der Waals surface area (Å²) < 4.78 is 21.1. The Morgan fingerprint density at radius 1 is 1.19 bits per heavy atom. The van der Waals surface area contributed by atoms with Crippen molar-refractivity contribution in [2.45, 2.75) is 6.92 Å². The fraction of sp³-hybridized carbons (Fsp3) is 0.0625. The molecule has 5 heteroatoms. The van der Waals surface area contributed by atoms with Crippen LogP contribution in [-0.2, 0) is 0 Å². The molecule has 2 N–H and O–H groups in total. The number of halogens is 2. The minimum Gasteiger partial charge on any atom is -0.450 e. The van der Waals surface area contributed by atoms with Gasteiger partial charge in [-0.1, -0.05) is 11.6 Å². The molecule has 106 valence electrons. The van der Waals surface area contributed by atoms with Crippen LogP contribution in [0.5, 0.6) is 11.5 Å².